The Morgan fingerprint density at radius 3 is 2.55 bits per heavy atom. The van der Waals surface area contributed by atoms with Crippen LogP contribution in [0.2, 0.25) is 0 Å². The molecule has 2 aromatic rings. The van der Waals surface area contributed by atoms with E-state index in [1.807, 2.05) is 4.90 Å². The normalized spacial score (nSPS) is 21.2. The molecule has 0 aromatic heterocycles. The lowest BCUT2D eigenvalue weighted by molar-refractivity contribution is 0.0333. The van der Waals surface area contributed by atoms with Crippen LogP contribution >= 0.6 is 0 Å². The molecule has 3 nitrogen and oxygen atoms in total. The quantitative estimate of drug-likeness (QED) is 0.723. The summed E-state index contributed by atoms with van der Waals surface area (Å²) in [7, 11) is 1.35. The molecule has 1 aliphatic heterocycles. The van der Waals surface area contributed by atoms with Gasteiger partial charge in [-0.3, -0.25) is 9.69 Å². The van der Waals surface area contributed by atoms with Crippen LogP contribution in [0.5, 0.6) is 5.75 Å². The lowest BCUT2D eigenvalue weighted by atomic mass is 9.82. The molecule has 0 amide bonds. The summed E-state index contributed by atoms with van der Waals surface area (Å²) >= 11 is 0. The number of ketones is 1. The Morgan fingerprint density at radius 1 is 1.14 bits per heavy atom. The molecule has 1 heterocycles. The zero-order valence-electron chi connectivity index (χ0n) is 16.4. The molecule has 2 aromatic carbocycles. The summed E-state index contributed by atoms with van der Waals surface area (Å²) in [5.74, 6) is -1.32. The average molecular weight is 403 g/mol. The van der Waals surface area contributed by atoms with Gasteiger partial charge in [0, 0.05) is 36.7 Å². The minimum atomic E-state index is -1.43. The summed E-state index contributed by atoms with van der Waals surface area (Å²) in [6.07, 6.45) is 1.11. The molecule has 2 aliphatic rings. The molecule has 1 aliphatic carbocycles. The maximum atomic E-state index is 15.5. The van der Waals surface area contributed by atoms with Gasteiger partial charge in [0.25, 0.3) is 0 Å². The molecule has 29 heavy (non-hydrogen) atoms. The Bertz CT molecular complexity index is 922. The van der Waals surface area contributed by atoms with Crippen molar-refractivity contribution in [1.82, 2.24) is 4.90 Å². The number of benzene rings is 2. The Kier molecular flexibility index (Phi) is 5.38. The lowest BCUT2D eigenvalue weighted by Gasteiger charge is -2.37. The number of likely N-dealkylation sites (tertiary alicyclic amines) is 1. The predicted molar refractivity (Wildman–Crippen MR) is 104 cm³/mol. The number of methoxy groups -OCH3 is 1. The van der Waals surface area contributed by atoms with Crippen molar-refractivity contribution in [3.8, 4) is 5.75 Å². The predicted octanol–water partition coefficient (Wildman–Crippen LogP) is 4.72. The van der Waals surface area contributed by atoms with E-state index in [9.17, 15) is 13.6 Å². The van der Waals surface area contributed by atoms with E-state index in [1.54, 1.807) is 18.2 Å². The molecule has 154 valence electrons. The molecular weight excluding hydrogens is 379 g/mol. The number of fused-ring (bicyclic) bond motifs is 1. The van der Waals surface area contributed by atoms with Crippen LogP contribution in [0.25, 0.3) is 0 Å². The zero-order chi connectivity index (χ0) is 20.6. The molecule has 0 spiro atoms. The van der Waals surface area contributed by atoms with Gasteiger partial charge >= 0.3 is 0 Å². The Hall–Kier alpha value is -2.34. The number of ether oxygens (including phenoxy) is 1. The highest BCUT2D eigenvalue weighted by Gasteiger charge is 2.41. The van der Waals surface area contributed by atoms with Gasteiger partial charge in [-0.2, -0.15) is 0 Å². The number of piperidine rings is 1. The molecule has 1 saturated heterocycles. The van der Waals surface area contributed by atoms with Crippen LogP contribution in [0, 0.1) is 17.6 Å². The van der Waals surface area contributed by atoms with E-state index in [0.29, 0.717) is 55.6 Å². The van der Waals surface area contributed by atoms with Gasteiger partial charge < -0.3 is 4.74 Å². The fraction of sp³-hybridized carbons (Fsp3) is 0.435. The Morgan fingerprint density at radius 2 is 1.86 bits per heavy atom. The van der Waals surface area contributed by atoms with Crippen LogP contribution in [0.4, 0.5) is 13.2 Å². The van der Waals surface area contributed by atoms with E-state index in [0.717, 1.165) is 0 Å². The molecular formula is C23H24F3NO2. The summed E-state index contributed by atoms with van der Waals surface area (Å²) < 4.78 is 48.2. The van der Waals surface area contributed by atoms with E-state index in [4.69, 9.17) is 4.74 Å². The second kappa shape index (κ2) is 7.82. The fourth-order valence-corrected chi connectivity index (χ4v) is 4.52. The number of hydrogen-bond donors (Lipinski definition) is 0. The monoisotopic (exact) mass is 403 g/mol. The van der Waals surface area contributed by atoms with Crippen LogP contribution < -0.4 is 4.74 Å². The third-order valence-corrected chi connectivity index (χ3v) is 6.20. The zero-order valence-corrected chi connectivity index (χ0v) is 16.4. The second-order valence-corrected chi connectivity index (χ2v) is 8.13. The first-order valence-electron chi connectivity index (χ1n) is 9.94. The molecule has 0 saturated carbocycles. The number of hydrogen-bond acceptors (Lipinski definition) is 3. The first-order valence-corrected chi connectivity index (χ1v) is 9.94. The summed E-state index contributed by atoms with van der Waals surface area (Å²) in [5.41, 5.74) is 0.237. The lowest BCUT2D eigenvalue weighted by Crippen LogP contribution is -2.43. The summed E-state index contributed by atoms with van der Waals surface area (Å²) in [4.78, 5) is 14.8. The third-order valence-electron chi connectivity index (χ3n) is 6.20. The van der Waals surface area contributed by atoms with Crippen LogP contribution in [-0.2, 0) is 13.0 Å². The van der Waals surface area contributed by atoms with Crippen molar-refractivity contribution >= 4 is 5.78 Å². The van der Waals surface area contributed by atoms with E-state index in [-0.39, 0.29) is 23.8 Å². The van der Waals surface area contributed by atoms with Crippen molar-refractivity contribution in [2.75, 3.05) is 20.2 Å². The number of carbonyl (C=O) groups excluding carboxylic acids is 1. The maximum absolute atomic E-state index is 15.5. The molecule has 0 radical (unpaired) electrons. The van der Waals surface area contributed by atoms with Crippen molar-refractivity contribution in [2.24, 2.45) is 5.92 Å². The molecule has 0 bridgehead atoms. The number of nitrogens with zero attached hydrogens (tertiary/aromatic N) is 1. The standard InChI is InChI=1S/C23H24F3NO2/c1-29-21-12-18-16(11-20(21)25)10-17(22(18)28)13-23(26)6-8-27(9-7-23)14-15-4-2-3-5-19(15)24/h2-5,11-12,17H,6-10,13-14H2,1H3. The van der Waals surface area contributed by atoms with Gasteiger partial charge in [-0.15, -0.1) is 0 Å². The van der Waals surface area contributed by atoms with Crippen molar-refractivity contribution < 1.29 is 22.7 Å². The van der Waals surface area contributed by atoms with Crippen molar-refractivity contribution in [2.45, 2.75) is 37.9 Å². The highest BCUT2D eigenvalue weighted by Crippen LogP contribution is 2.40. The van der Waals surface area contributed by atoms with Crippen molar-refractivity contribution in [3.63, 3.8) is 0 Å². The fourth-order valence-electron chi connectivity index (χ4n) is 4.52. The van der Waals surface area contributed by atoms with E-state index in [1.165, 1.54) is 25.3 Å². The van der Waals surface area contributed by atoms with E-state index in [2.05, 4.69) is 0 Å². The summed E-state index contributed by atoms with van der Waals surface area (Å²) in [6, 6.07) is 9.38. The average Bonchev–Trinajstić information content (AvgIpc) is 2.99. The second-order valence-electron chi connectivity index (χ2n) is 8.13. The first kappa shape index (κ1) is 20.0. The van der Waals surface area contributed by atoms with Crippen LogP contribution in [-0.4, -0.2) is 36.6 Å². The van der Waals surface area contributed by atoms with Crippen molar-refractivity contribution in [3.05, 3.63) is 64.7 Å². The molecule has 0 N–H and O–H groups in total. The Labute approximate surface area is 168 Å². The third kappa shape index (κ3) is 4.04. The SMILES string of the molecule is COc1cc2c(cc1F)CC(CC1(F)CCN(Cc3ccccc3F)CC1)C2=O. The Balaban J connectivity index is 1.38. The highest BCUT2D eigenvalue weighted by atomic mass is 19.1. The number of rotatable bonds is 5. The molecule has 4 rings (SSSR count). The molecule has 6 heteroatoms. The minimum Gasteiger partial charge on any atom is -0.494 e. The number of alkyl halides is 1. The molecule has 1 atom stereocenters. The first-order chi connectivity index (χ1) is 13.9. The highest BCUT2D eigenvalue weighted by molar-refractivity contribution is 6.02. The van der Waals surface area contributed by atoms with Gasteiger partial charge in [0.1, 0.15) is 11.5 Å². The van der Waals surface area contributed by atoms with Gasteiger partial charge in [0.2, 0.25) is 0 Å². The van der Waals surface area contributed by atoms with Gasteiger partial charge in [-0.1, -0.05) is 18.2 Å². The number of Topliss-reactive ketones (excluding diaryl/α,β-unsaturated/α-hetero) is 1. The maximum Gasteiger partial charge on any atom is 0.166 e. The minimum absolute atomic E-state index is 0.0363. The molecule has 1 unspecified atom stereocenters. The summed E-state index contributed by atoms with van der Waals surface area (Å²) in [5, 5.41) is 0. The van der Waals surface area contributed by atoms with Crippen LogP contribution in [0.3, 0.4) is 0 Å². The number of halogens is 3. The summed E-state index contributed by atoms with van der Waals surface area (Å²) in [6.45, 7) is 1.48. The van der Waals surface area contributed by atoms with Gasteiger partial charge in [-0.05, 0) is 49.4 Å². The molecule has 1 fully saturated rings. The van der Waals surface area contributed by atoms with Crippen LogP contribution in [0.1, 0.15) is 40.7 Å². The van der Waals surface area contributed by atoms with Crippen molar-refractivity contribution in [1.29, 1.82) is 0 Å². The van der Waals surface area contributed by atoms with Crippen LogP contribution in [0.15, 0.2) is 36.4 Å². The number of carbonyl (C=O) groups is 1. The van der Waals surface area contributed by atoms with Gasteiger partial charge in [0.05, 0.1) is 7.11 Å². The van der Waals surface area contributed by atoms with Gasteiger partial charge in [0.15, 0.2) is 17.3 Å². The van der Waals surface area contributed by atoms with E-state index >= 15 is 4.39 Å². The smallest absolute Gasteiger partial charge is 0.166 e. The topological polar surface area (TPSA) is 29.5 Å². The van der Waals surface area contributed by atoms with Gasteiger partial charge in [-0.25, -0.2) is 13.2 Å². The largest absolute Gasteiger partial charge is 0.494 e. The van der Waals surface area contributed by atoms with E-state index < -0.39 is 17.4 Å².